The second-order valence-corrected chi connectivity index (χ2v) is 8.28. The largest absolute Gasteiger partial charge is 0.465 e. The summed E-state index contributed by atoms with van der Waals surface area (Å²) in [7, 11) is 0.976. The number of methoxy groups -OCH3 is 1. The molecule has 0 saturated heterocycles. The highest BCUT2D eigenvalue weighted by Crippen LogP contribution is 2.34. The Bertz CT molecular complexity index is 1170. The zero-order valence-corrected chi connectivity index (χ0v) is 19.9. The maximum absolute atomic E-state index is 13.4. The van der Waals surface area contributed by atoms with E-state index in [1.165, 1.54) is 30.3 Å². The number of unbranched alkanes of at least 4 members (excludes halogenated alkanes) is 1. The van der Waals surface area contributed by atoms with Crippen molar-refractivity contribution in [1.29, 1.82) is 0 Å². The zero-order valence-electron chi connectivity index (χ0n) is 19.9. The van der Waals surface area contributed by atoms with E-state index < -0.39 is 29.3 Å². The van der Waals surface area contributed by atoms with Gasteiger partial charge in [-0.3, -0.25) is 0 Å². The lowest BCUT2D eigenvalue weighted by molar-refractivity contribution is -0.138. The molecule has 0 aliphatic heterocycles. The van der Waals surface area contributed by atoms with Crippen LogP contribution in [0, 0.1) is 11.6 Å². The molecule has 37 heavy (non-hydrogen) atoms. The molecule has 0 fully saturated rings. The van der Waals surface area contributed by atoms with Crippen LogP contribution >= 0.6 is 0 Å². The first-order chi connectivity index (χ1) is 17.6. The molecule has 0 unspecified atom stereocenters. The zero-order chi connectivity index (χ0) is 27.0. The Balaban J connectivity index is 1.55. The third kappa shape index (κ3) is 7.77. The number of rotatable bonds is 9. The van der Waals surface area contributed by atoms with E-state index in [0.717, 1.165) is 24.3 Å². The molecule has 0 aliphatic rings. The van der Waals surface area contributed by atoms with Crippen LogP contribution in [0.25, 0.3) is 0 Å². The molecule has 0 heterocycles. The highest BCUT2D eigenvalue weighted by atomic mass is 19.4. The van der Waals surface area contributed by atoms with Gasteiger partial charge in [0.05, 0.1) is 18.2 Å². The molecule has 0 spiro atoms. The van der Waals surface area contributed by atoms with Crippen LogP contribution in [0.2, 0.25) is 0 Å². The van der Waals surface area contributed by atoms with Crippen LogP contribution in [-0.4, -0.2) is 25.7 Å². The maximum atomic E-state index is 13.4. The van der Waals surface area contributed by atoms with E-state index in [-0.39, 0.29) is 29.8 Å². The highest BCUT2D eigenvalue weighted by molar-refractivity contribution is 5.94. The van der Waals surface area contributed by atoms with Crippen molar-refractivity contribution in [2.24, 2.45) is 0 Å². The molecule has 10 heteroatoms. The fourth-order valence-corrected chi connectivity index (χ4v) is 3.91. The smallest absolute Gasteiger partial charge is 0.417 e. The first kappa shape index (κ1) is 27.6. The van der Waals surface area contributed by atoms with Crippen molar-refractivity contribution in [2.45, 2.75) is 31.4 Å². The number of ether oxygens (including phenoxy) is 1. The molecule has 5 nitrogen and oxygen atoms in total. The summed E-state index contributed by atoms with van der Waals surface area (Å²) in [4.78, 5) is 23.8. The van der Waals surface area contributed by atoms with Crippen LogP contribution in [0.15, 0.2) is 66.7 Å². The molecule has 3 aromatic rings. The second-order valence-electron chi connectivity index (χ2n) is 8.28. The van der Waals surface area contributed by atoms with E-state index >= 15 is 0 Å². The molecule has 2 amide bonds. The van der Waals surface area contributed by atoms with Gasteiger partial charge in [0.1, 0.15) is 11.6 Å². The predicted octanol–water partition coefficient (Wildman–Crippen LogP) is 6.89. The number of hydrogen-bond donors (Lipinski definition) is 2. The molecular formula is C27H25F5N2O3. The van der Waals surface area contributed by atoms with Crippen LogP contribution in [0.4, 0.5) is 32.4 Å². The van der Waals surface area contributed by atoms with Gasteiger partial charge in [0, 0.05) is 18.2 Å². The Hall–Kier alpha value is -3.95. The SMILES string of the molecule is COC(=O)c1ccc(NC(=O)NCCCCC(c2ccc(F)cc2)c2ccc(F)cc2)cc1C(F)(F)F. The maximum Gasteiger partial charge on any atom is 0.417 e. The second kappa shape index (κ2) is 12.3. The van der Waals surface area contributed by atoms with Gasteiger partial charge in [0.15, 0.2) is 0 Å². The van der Waals surface area contributed by atoms with Crippen molar-refractivity contribution in [3.05, 3.63) is 101 Å². The van der Waals surface area contributed by atoms with Crippen LogP contribution in [0.5, 0.6) is 0 Å². The first-order valence-electron chi connectivity index (χ1n) is 11.4. The van der Waals surface area contributed by atoms with Gasteiger partial charge >= 0.3 is 18.2 Å². The van der Waals surface area contributed by atoms with Gasteiger partial charge in [-0.25, -0.2) is 18.4 Å². The number of alkyl halides is 3. The van der Waals surface area contributed by atoms with Crippen molar-refractivity contribution < 1.29 is 36.3 Å². The number of carbonyl (C=O) groups excluding carboxylic acids is 2. The van der Waals surface area contributed by atoms with Gasteiger partial charge in [0.2, 0.25) is 0 Å². The van der Waals surface area contributed by atoms with Crippen molar-refractivity contribution in [3.8, 4) is 0 Å². The van der Waals surface area contributed by atoms with Crippen molar-refractivity contribution >= 4 is 17.7 Å². The summed E-state index contributed by atoms with van der Waals surface area (Å²) in [6.07, 6.45) is -2.96. The summed E-state index contributed by atoms with van der Waals surface area (Å²) in [5.74, 6) is -1.97. The van der Waals surface area contributed by atoms with Crippen molar-refractivity contribution in [2.75, 3.05) is 19.0 Å². The van der Waals surface area contributed by atoms with Gasteiger partial charge < -0.3 is 15.4 Å². The van der Waals surface area contributed by atoms with E-state index in [1.807, 2.05) is 0 Å². The number of benzene rings is 3. The Morgan fingerprint density at radius 1 is 0.865 bits per heavy atom. The average molecular weight is 520 g/mol. The molecule has 0 radical (unpaired) electrons. The minimum absolute atomic E-state index is 0.107. The lowest BCUT2D eigenvalue weighted by atomic mass is 9.87. The number of hydrogen-bond acceptors (Lipinski definition) is 3. The number of nitrogens with one attached hydrogen (secondary N) is 2. The minimum Gasteiger partial charge on any atom is -0.465 e. The minimum atomic E-state index is -4.82. The fourth-order valence-electron chi connectivity index (χ4n) is 3.91. The van der Waals surface area contributed by atoms with Crippen LogP contribution in [0.3, 0.4) is 0 Å². The van der Waals surface area contributed by atoms with E-state index in [9.17, 15) is 31.5 Å². The molecule has 3 rings (SSSR count). The topological polar surface area (TPSA) is 67.4 Å². The predicted molar refractivity (Wildman–Crippen MR) is 128 cm³/mol. The molecule has 0 bridgehead atoms. The van der Waals surface area contributed by atoms with Crippen molar-refractivity contribution in [1.82, 2.24) is 5.32 Å². The molecular weight excluding hydrogens is 495 g/mol. The number of esters is 1. The van der Waals surface area contributed by atoms with Gasteiger partial charge in [0.25, 0.3) is 0 Å². The Kier molecular flexibility index (Phi) is 9.21. The monoisotopic (exact) mass is 520 g/mol. The summed E-state index contributed by atoms with van der Waals surface area (Å²) < 4.78 is 71.1. The molecule has 0 atom stereocenters. The molecule has 196 valence electrons. The van der Waals surface area contributed by atoms with E-state index in [4.69, 9.17) is 0 Å². The lowest BCUT2D eigenvalue weighted by Gasteiger charge is -2.18. The Morgan fingerprint density at radius 3 is 1.95 bits per heavy atom. The summed E-state index contributed by atoms with van der Waals surface area (Å²) in [6.45, 7) is 0.248. The fraction of sp³-hybridized carbons (Fsp3) is 0.259. The van der Waals surface area contributed by atoms with Crippen molar-refractivity contribution in [3.63, 3.8) is 0 Å². The summed E-state index contributed by atoms with van der Waals surface area (Å²) >= 11 is 0. The third-order valence-corrected chi connectivity index (χ3v) is 5.74. The molecule has 2 N–H and O–H groups in total. The van der Waals surface area contributed by atoms with Gasteiger partial charge in [-0.15, -0.1) is 0 Å². The molecule has 0 aliphatic carbocycles. The number of carbonyl (C=O) groups is 2. The number of urea groups is 1. The van der Waals surface area contributed by atoms with Gasteiger partial charge in [-0.2, -0.15) is 13.2 Å². The Morgan fingerprint density at radius 2 is 1.43 bits per heavy atom. The first-order valence-corrected chi connectivity index (χ1v) is 11.4. The molecule has 0 saturated carbocycles. The summed E-state index contributed by atoms with van der Waals surface area (Å²) in [6, 6.07) is 14.2. The highest BCUT2D eigenvalue weighted by Gasteiger charge is 2.36. The quantitative estimate of drug-likeness (QED) is 0.183. The number of anilines is 1. The number of halogens is 5. The summed E-state index contributed by atoms with van der Waals surface area (Å²) in [5.41, 5.74) is -0.267. The van der Waals surface area contributed by atoms with E-state index in [2.05, 4.69) is 15.4 Å². The van der Waals surface area contributed by atoms with Gasteiger partial charge in [-0.1, -0.05) is 30.7 Å². The number of amides is 2. The van der Waals surface area contributed by atoms with Gasteiger partial charge in [-0.05, 0) is 66.4 Å². The molecule has 3 aromatic carbocycles. The van der Waals surface area contributed by atoms with Crippen LogP contribution in [0.1, 0.15) is 52.2 Å². The van der Waals surface area contributed by atoms with Crippen LogP contribution < -0.4 is 10.6 Å². The average Bonchev–Trinajstić information content (AvgIpc) is 2.86. The standard InChI is InChI=1S/C27H25F5N2O3/c1-37-25(35)23-14-13-21(16-24(23)27(30,31)32)34-26(36)33-15-3-2-4-22(17-5-9-19(28)10-6-17)18-7-11-20(29)12-8-18/h5-14,16,22H,2-4,15H2,1H3,(H2,33,34,36). The Labute approximate surface area is 210 Å². The molecule has 0 aromatic heterocycles. The van der Waals surface area contributed by atoms with E-state index in [1.54, 1.807) is 24.3 Å². The third-order valence-electron chi connectivity index (χ3n) is 5.74. The van der Waals surface area contributed by atoms with E-state index in [0.29, 0.717) is 25.3 Å². The summed E-state index contributed by atoms with van der Waals surface area (Å²) in [5, 5.41) is 4.91. The normalized spacial score (nSPS) is 11.3. The lowest BCUT2D eigenvalue weighted by Crippen LogP contribution is -2.29. The van der Waals surface area contributed by atoms with Crippen LogP contribution in [-0.2, 0) is 10.9 Å².